The summed E-state index contributed by atoms with van der Waals surface area (Å²) >= 11 is 0. The van der Waals surface area contributed by atoms with Gasteiger partial charge in [0.05, 0.1) is 12.1 Å². The number of rotatable bonds is 6. The van der Waals surface area contributed by atoms with E-state index >= 15 is 0 Å². The van der Waals surface area contributed by atoms with E-state index in [1.54, 1.807) is 19.2 Å². The van der Waals surface area contributed by atoms with Crippen molar-refractivity contribution in [2.45, 2.75) is 12.1 Å². The summed E-state index contributed by atoms with van der Waals surface area (Å²) in [6, 6.07) is 20.0. The Morgan fingerprint density at radius 3 is 2.33 bits per heavy atom. The number of likely N-dealkylation sites (N-methyl/N-ethyl adjacent to an activating group) is 1. The molecule has 0 fully saturated rings. The van der Waals surface area contributed by atoms with Crippen LogP contribution in [0.3, 0.4) is 0 Å². The zero-order valence-corrected chi connectivity index (χ0v) is 17.2. The van der Waals surface area contributed by atoms with Crippen molar-refractivity contribution in [3.05, 3.63) is 96.2 Å². The summed E-state index contributed by atoms with van der Waals surface area (Å²) in [5, 5.41) is 14.9. The Morgan fingerprint density at radius 1 is 0.933 bits per heavy atom. The Bertz CT molecular complexity index is 1140. The van der Waals surface area contributed by atoms with Gasteiger partial charge in [-0.3, -0.25) is 0 Å². The lowest BCUT2D eigenvalue weighted by Crippen LogP contribution is -2.33. The van der Waals surface area contributed by atoms with E-state index in [1.165, 1.54) is 24.3 Å². The van der Waals surface area contributed by atoms with E-state index in [0.717, 1.165) is 22.0 Å². The minimum Gasteiger partial charge on any atom is -0.389 e. The first-order chi connectivity index (χ1) is 14.1. The third kappa shape index (κ3) is 4.24. The van der Waals surface area contributed by atoms with Gasteiger partial charge in [-0.2, -0.15) is 0 Å². The number of hydrogen-bond acceptors (Lipinski definition) is 2. The highest BCUT2D eigenvalue weighted by molar-refractivity contribution is 5.96. The molecule has 2 atom stereocenters. The van der Waals surface area contributed by atoms with Crippen LogP contribution in [0.25, 0.3) is 22.0 Å². The van der Waals surface area contributed by atoms with Gasteiger partial charge >= 0.3 is 0 Å². The molecule has 30 heavy (non-hydrogen) atoms. The summed E-state index contributed by atoms with van der Waals surface area (Å²) in [6.45, 7) is 0.336. The molecule has 0 radical (unpaired) electrons. The normalized spacial score (nSPS) is 13.1. The largest absolute Gasteiger partial charge is 0.389 e. The summed E-state index contributed by atoms with van der Waals surface area (Å²) in [5.41, 5.74) is 3.16. The van der Waals surface area contributed by atoms with E-state index in [9.17, 15) is 13.9 Å². The predicted octanol–water partition coefficient (Wildman–Crippen LogP) is 5.18. The van der Waals surface area contributed by atoms with Crippen molar-refractivity contribution in [1.82, 2.24) is 9.88 Å². The Labute approximate surface area is 180 Å². The number of aliphatic hydroxyl groups is 1. The fourth-order valence-electron chi connectivity index (χ4n) is 3.90. The molecule has 0 spiro atoms. The molecule has 1 aromatic heterocycles. The van der Waals surface area contributed by atoms with Gasteiger partial charge in [0.1, 0.15) is 11.6 Å². The third-order valence-electron chi connectivity index (χ3n) is 5.14. The third-order valence-corrected chi connectivity index (χ3v) is 5.14. The fourth-order valence-corrected chi connectivity index (χ4v) is 3.90. The summed E-state index contributed by atoms with van der Waals surface area (Å²) in [7, 11) is 1.76. The second-order valence-electron chi connectivity index (χ2n) is 7.10. The smallest absolute Gasteiger partial charge is 0.123 e. The molecule has 0 saturated heterocycles. The van der Waals surface area contributed by atoms with Crippen LogP contribution in [0.2, 0.25) is 0 Å². The van der Waals surface area contributed by atoms with Gasteiger partial charge in [-0.1, -0.05) is 42.5 Å². The van der Waals surface area contributed by atoms with Gasteiger partial charge in [-0.05, 0) is 48.5 Å². The average Bonchev–Trinajstić information content (AvgIpc) is 3.08. The lowest BCUT2D eigenvalue weighted by Gasteiger charge is -2.26. The van der Waals surface area contributed by atoms with Crippen LogP contribution in [-0.2, 0) is 0 Å². The number of benzene rings is 3. The van der Waals surface area contributed by atoms with Crippen LogP contribution in [0.15, 0.2) is 79.0 Å². The molecule has 156 valence electrons. The van der Waals surface area contributed by atoms with Crippen LogP contribution in [0.1, 0.15) is 11.6 Å². The molecule has 1 heterocycles. The van der Waals surface area contributed by atoms with Gasteiger partial charge in [0.15, 0.2) is 0 Å². The SMILES string of the molecule is CNC[C@@H](O)[C@H](c1cccc(F)c1)n1cc(-c2cccc(F)c2)c2ccccc21.Cl. The first-order valence-corrected chi connectivity index (χ1v) is 9.52. The van der Waals surface area contributed by atoms with Crippen LogP contribution in [-0.4, -0.2) is 29.4 Å². The maximum atomic E-state index is 14.0. The zero-order chi connectivity index (χ0) is 20.4. The second-order valence-corrected chi connectivity index (χ2v) is 7.10. The minimum absolute atomic E-state index is 0. The standard InChI is InChI=1S/C24H22F2N2O.ClH/c1-27-14-23(29)24(17-7-5-9-19(26)13-17)28-15-21(16-6-4-8-18(25)12-16)20-10-2-3-11-22(20)28;/h2-13,15,23-24,27,29H,14H2,1H3;1H/t23-,24+;/m1./s1. The van der Waals surface area contributed by atoms with Gasteiger partial charge in [0.2, 0.25) is 0 Å². The highest BCUT2D eigenvalue weighted by atomic mass is 35.5. The number of aliphatic hydroxyl groups excluding tert-OH is 1. The van der Waals surface area contributed by atoms with Gasteiger partial charge in [0.25, 0.3) is 0 Å². The second kappa shape index (κ2) is 9.39. The van der Waals surface area contributed by atoms with Gasteiger partial charge < -0.3 is 15.0 Å². The van der Waals surface area contributed by atoms with E-state index in [4.69, 9.17) is 0 Å². The Hall–Kier alpha value is -2.73. The molecule has 0 saturated carbocycles. The monoisotopic (exact) mass is 428 g/mol. The predicted molar refractivity (Wildman–Crippen MR) is 119 cm³/mol. The highest BCUT2D eigenvalue weighted by Crippen LogP contribution is 2.35. The molecule has 2 N–H and O–H groups in total. The Morgan fingerprint density at radius 2 is 1.63 bits per heavy atom. The quantitative estimate of drug-likeness (QED) is 0.444. The molecule has 6 heteroatoms. The van der Waals surface area contributed by atoms with Crippen LogP contribution >= 0.6 is 12.4 Å². The summed E-state index contributed by atoms with van der Waals surface area (Å²) in [4.78, 5) is 0. The van der Waals surface area contributed by atoms with Crippen LogP contribution in [0.5, 0.6) is 0 Å². The maximum absolute atomic E-state index is 14.0. The molecule has 3 nitrogen and oxygen atoms in total. The lowest BCUT2D eigenvalue weighted by molar-refractivity contribution is 0.132. The van der Waals surface area contributed by atoms with Crippen LogP contribution in [0, 0.1) is 11.6 Å². The molecular weight excluding hydrogens is 406 g/mol. The highest BCUT2D eigenvalue weighted by Gasteiger charge is 2.25. The zero-order valence-electron chi connectivity index (χ0n) is 16.4. The van der Waals surface area contributed by atoms with E-state index in [1.807, 2.05) is 47.2 Å². The molecular formula is C24H23ClF2N2O. The van der Waals surface area contributed by atoms with Crippen molar-refractivity contribution in [1.29, 1.82) is 0 Å². The first kappa shape index (κ1) is 22.0. The van der Waals surface area contributed by atoms with Crippen molar-refractivity contribution in [2.24, 2.45) is 0 Å². The van der Waals surface area contributed by atoms with Crippen molar-refractivity contribution in [3.8, 4) is 11.1 Å². The van der Waals surface area contributed by atoms with Crippen molar-refractivity contribution < 1.29 is 13.9 Å². The molecule has 0 unspecified atom stereocenters. The van der Waals surface area contributed by atoms with E-state index < -0.39 is 12.1 Å². The Kier molecular flexibility index (Phi) is 6.87. The molecule has 4 aromatic rings. The Balaban J connectivity index is 0.00000256. The molecule has 3 aromatic carbocycles. The molecule has 0 bridgehead atoms. The summed E-state index contributed by atoms with van der Waals surface area (Å²) in [5.74, 6) is -0.665. The number of hydrogen-bond donors (Lipinski definition) is 2. The number of aromatic nitrogens is 1. The topological polar surface area (TPSA) is 37.2 Å². The molecule has 0 aliphatic rings. The summed E-state index contributed by atoms with van der Waals surface area (Å²) < 4.78 is 29.8. The van der Waals surface area contributed by atoms with Crippen LogP contribution in [0.4, 0.5) is 8.78 Å². The number of fused-ring (bicyclic) bond motifs is 1. The van der Waals surface area contributed by atoms with E-state index in [-0.39, 0.29) is 24.0 Å². The molecule has 0 aliphatic heterocycles. The van der Waals surface area contributed by atoms with Crippen LogP contribution < -0.4 is 5.32 Å². The van der Waals surface area contributed by atoms with Crippen molar-refractivity contribution in [3.63, 3.8) is 0 Å². The minimum atomic E-state index is -0.794. The fraction of sp³-hybridized carbons (Fsp3) is 0.167. The van der Waals surface area contributed by atoms with Gasteiger partial charge in [-0.15, -0.1) is 12.4 Å². The van der Waals surface area contributed by atoms with E-state index in [0.29, 0.717) is 12.1 Å². The number of nitrogens with one attached hydrogen (secondary N) is 1. The number of nitrogens with zero attached hydrogens (tertiary/aromatic N) is 1. The summed E-state index contributed by atoms with van der Waals surface area (Å²) in [6.07, 6.45) is 1.12. The molecule has 0 aliphatic carbocycles. The maximum Gasteiger partial charge on any atom is 0.123 e. The number of halogens is 3. The average molecular weight is 429 g/mol. The molecule has 0 amide bonds. The molecule has 4 rings (SSSR count). The van der Waals surface area contributed by atoms with Gasteiger partial charge in [0, 0.05) is 29.2 Å². The lowest BCUT2D eigenvalue weighted by atomic mass is 10.0. The first-order valence-electron chi connectivity index (χ1n) is 9.52. The van der Waals surface area contributed by atoms with E-state index in [2.05, 4.69) is 5.32 Å². The number of para-hydroxylation sites is 1. The van der Waals surface area contributed by atoms with Crippen molar-refractivity contribution >= 4 is 23.3 Å². The van der Waals surface area contributed by atoms with Crippen molar-refractivity contribution in [2.75, 3.05) is 13.6 Å². The van der Waals surface area contributed by atoms with Gasteiger partial charge in [-0.25, -0.2) is 8.78 Å².